The molecule has 1 aromatic carbocycles. The summed E-state index contributed by atoms with van der Waals surface area (Å²) in [7, 11) is 0. The number of benzene rings is 1. The van der Waals surface area contributed by atoms with Crippen LogP contribution in [0, 0.1) is 11.3 Å². The van der Waals surface area contributed by atoms with Crippen LogP contribution in [0.5, 0.6) is 0 Å². The third kappa shape index (κ3) is 4.14. The van der Waals surface area contributed by atoms with E-state index in [1.54, 1.807) is 0 Å². The topological polar surface area (TPSA) is 39.1 Å². The minimum atomic E-state index is -0.105. The van der Waals surface area contributed by atoms with Crippen molar-refractivity contribution in [3.8, 4) is 6.07 Å². The monoisotopic (exact) mass is 245 g/mol. The van der Waals surface area contributed by atoms with Gasteiger partial charge in [0.1, 0.15) is 0 Å². The number of hydrogen-bond donors (Lipinski definition) is 1. The summed E-state index contributed by atoms with van der Waals surface area (Å²) in [6.45, 7) is 9.07. The largest absolute Gasteiger partial charge is 0.300 e. The van der Waals surface area contributed by atoms with Gasteiger partial charge in [0.2, 0.25) is 0 Å². The zero-order valence-corrected chi connectivity index (χ0v) is 11.6. The van der Waals surface area contributed by atoms with Crippen LogP contribution in [0.3, 0.4) is 0 Å². The SMILES string of the molecule is CCN(CC)C(CNC(C)C#N)c1ccccc1. The van der Waals surface area contributed by atoms with E-state index >= 15 is 0 Å². The average molecular weight is 245 g/mol. The molecule has 0 aliphatic heterocycles. The van der Waals surface area contributed by atoms with Crippen LogP contribution < -0.4 is 5.32 Å². The Bertz CT molecular complexity index is 365. The van der Waals surface area contributed by atoms with Crippen LogP contribution in [0.1, 0.15) is 32.4 Å². The zero-order valence-electron chi connectivity index (χ0n) is 11.6. The fourth-order valence-electron chi connectivity index (χ4n) is 2.13. The summed E-state index contributed by atoms with van der Waals surface area (Å²) in [4.78, 5) is 2.41. The molecule has 0 fully saturated rings. The molecular formula is C15H23N3. The molecule has 0 aliphatic rings. The summed E-state index contributed by atoms with van der Waals surface area (Å²) >= 11 is 0. The Morgan fingerprint density at radius 3 is 2.33 bits per heavy atom. The molecule has 3 heteroatoms. The lowest BCUT2D eigenvalue weighted by molar-refractivity contribution is 0.212. The van der Waals surface area contributed by atoms with Crippen molar-refractivity contribution in [1.82, 2.24) is 10.2 Å². The molecule has 1 N–H and O–H groups in total. The number of likely N-dealkylation sites (N-methyl/N-ethyl adjacent to an activating group) is 1. The van der Waals surface area contributed by atoms with Gasteiger partial charge in [0.15, 0.2) is 0 Å². The first-order valence-corrected chi connectivity index (χ1v) is 6.64. The predicted octanol–water partition coefficient (Wildman–Crippen LogP) is 2.57. The van der Waals surface area contributed by atoms with E-state index < -0.39 is 0 Å². The zero-order chi connectivity index (χ0) is 13.4. The molecule has 0 spiro atoms. The first-order valence-electron chi connectivity index (χ1n) is 6.64. The Hall–Kier alpha value is -1.37. The van der Waals surface area contributed by atoms with E-state index in [0.717, 1.165) is 19.6 Å². The van der Waals surface area contributed by atoms with Crippen LogP contribution in [0.25, 0.3) is 0 Å². The van der Waals surface area contributed by atoms with Crippen molar-refractivity contribution >= 4 is 0 Å². The van der Waals surface area contributed by atoms with Crippen molar-refractivity contribution < 1.29 is 0 Å². The minimum Gasteiger partial charge on any atom is -0.300 e. The van der Waals surface area contributed by atoms with Gasteiger partial charge >= 0.3 is 0 Å². The highest BCUT2D eigenvalue weighted by atomic mass is 15.2. The van der Waals surface area contributed by atoms with Crippen LogP contribution in [0.15, 0.2) is 30.3 Å². The third-order valence-electron chi connectivity index (χ3n) is 3.25. The van der Waals surface area contributed by atoms with Gasteiger partial charge in [-0.3, -0.25) is 4.90 Å². The molecule has 0 aliphatic carbocycles. The Labute approximate surface area is 110 Å². The molecule has 1 rings (SSSR count). The first-order chi connectivity index (χ1) is 8.72. The van der Waals surface area contributed by atoms with Gasteiger partial charge in [-0.05, 0) is 25.6 Å². The van der Waals surface area contributed by atoms with Gasteiger partial charge in [-0.2, -0.15) is 5.26 Å². The summed E-state index contributed by atoms with van der Waals surface area (Å²) in [5.41, 5.74) is 1.30. The third-order valence-corrected chi connectivity index (χ3v) is 3.25. The Morgan fingerprint density at radius 2 is 1.83 bits per heavy atom. The van der Waals surface area contributed by atoms with Gasteiger partial charge in [-0.15, -0.1) is 0 Å². The molecule has 0 heterocycles. The molecule has 0 aromatic heterocycles. The second-order valence-corrected chi connectivity index (χ2v) is 4.41. The van der Waals surface area contributed by atoms with Gasteiger partial charge in [-0.25, -0.2) is 0 Å². The Kier molecular flexibility index (Phi) is 6.42. The fraction of sp³-hybridized carbons (Fsp3) is 0.533. The number of nitriles is 1. The highest BCUT2D eigenvalue weighted by Gasteiger charge is 2.17. The highest BCUT2D eigenvalue weighted by molar-refractivity contribution is 5.19. The smallest absolute Gasteiger partial charge is 0.0925 e. The average Bonchev–Trinajstić information content (AvgIpc) is 2.44. The molecular weight excluding hydrogens is 222 g/mol. The normalized spacial score (nSPS) is 14.2. The van der Waals surface area contributed by atoms with E-state index in [9.17, 15) is 0 Å². The van der Waals surface area contributed by atoms with Crippen molar-refractivity contribution in [3.05, 3.63) is 35.9 Å². The van der Waals surface area contributed by atoms with Crippen molar-refractivity contribution in [2.75, 3.05) is 19.6 Å². The molecule has 2 atom stereocenters. The van der Waals surface area contributed by atoms with E-state index in [2.05, 4.69) is 54.4 Å². The van der Waals surface area contributed by atoms with Crippen LogP contribution in [-0.4, -0.2) is 30.6 Å². The molecule has 1 aromatic rings. The summed E-state index contributed by atoms with van der Waals surface area (Å²) in [6, 6.07) is 12.9. The summed E-state index contributed by atoms with van der Waals surface area (Å²) < 4.78 is 0. The molecule has 0 amide bonds. The number of nitrogens with one attached hydrogen (secondary N) is 1. The van der Waals surface area contributed by atoms with Crippen molar-refractivity contribution in [1.29, 1.82) is 5.26 Å². The van der Waals surface area contributed by atoms with Crippen molar-refractivity contribution in [3.63, 3.8) is 0 Å². The van der Waals surface area contributed by atoms with Gasteiger partial charge in [-0.1, -0.05) is 44.2 Å². The summed E-state index contributed by atoms with van der Waals surface area (Å²) in [5, 5.41) is 12.1. The van der Waals surface area contributed by atoms with Gasteiger partial charge < -0.3 is 5.32 Å². The molecule has 18 heavy (non-hydrogen) atoms. The lowest BCUT2D eigenvalue weighted by Gasteiger charge is -2.30. The lowest BCUT2D eigenvalue weighted by atomic mass is 10.0. The van der Waals surface area contributed by atoms with Crippen LogP contribution in [0.2, 0.25) is 0 Å². The second-order valence-electron chi connectivity index (χ2n) is 4.41. The van der Waals surface area contributed by atoms with Crippen LogP contribution in [-0.2, 0) is 0 Å². The van der Waals surface area contributed by atoms with Crippen molar-refractivity contribution in [2.45, 2.75) is 32.9 Å². The quantitative estimate of drug-likeness (QED) is 0.802. The second kappa shape index (κ2) is 7.86. The van der Waals surface area contributed by atoms with Crippen LogP contribution in [0.4, 0.5) is 0 Å². The van der Waals surface area contributed by atoms with E-state index in [4.69, 9.17) is 5.26 Å². The fourth-order valence-corrected chi connectivity index (χ4v) is 2.13. The molecule has 0 radical (unpaired) electrons. The maximum Gasteiger partial charge on any atom is 0.0925 e. The van der Waals surface area contributed by atoms with Gasteiger partial charge in [0, 0.05) is 12.6 Å². The van der Waals surface area contributed by atoms with Crippen LogP contribution >= 0.6 is 0 Å². The minimum absolute atomic E-state index is 0.105. The molecule has 0 saturated carbocycles. The Balaban J connectivity index is 2.79. The standard InChI is InChI=1S/C15H23N3/c1-4-18(5-2)15(12-17-13(3)11-16)14-9-7-6-8-10-14/h6-10,13,15,17H,4-5,12H2,1-3H3. The number of hydrogen-bond acceptors (Lipinski definition) is 3. The maximum atomic E-state index is 8.85. The Morgan fingerprint density at radius 1 is 1.22 bits per heavy atom. The highest BCUT2D eigenvalue weighted by Crippen LogP contribution is 2.19. The molecule has 2 unspecified atom stereocenters. The first kappa shape index (κ1) is 14.7. The van der Waals surface area contributed by atoms with Gasteiger partial charge in [0.25, 0.3) is 0 Å². The van der Waals surface area contributed by atoms with Crippen molar-refractivity contribution in [2.24, 2.45) is 0 Å². The molecule has 0 saturated heterocycles. The van der Waals surface area contributed by atoms with E-state index in [-0.39, 0.29) is 6.04 Å². The van der Waals surface area contributed by atoms with E-state index in [0.29, 0.717) is 6.04 Å². The molecule has 0 bridgehead atoms. The number of nitrogens with zero attached hydrogens (tertiary/aromatic N) is 2. The predicted molar refractivity (Wildman–Crippen MR) is 75.2 cm³/mol. The maximum absolute atomic E-state index is 8.85. The van der Waals surface area contributed by atoms with E-state index in [1.165, 1.54) is 5.56 Å². The molecule has 98 valence electrons. The summed E-state index contributed by atoms with van der Waals surface area (Å²) in [5.74, 6) is 0. The van der Waals surface area contributed by atoms with Gasteiger partial charge in [0.05, 0.1) is 12.1 Å². The lowest BCUT2D eigenvalue weighted by Crippen LogP contribution is -2.38. The molecule has 3 nitrogen and oxygen atoms in total. The van der Waals surface area contributed by atoms with E-state index in [1.807, 2.05) is 13.0 Å². The summed E-state index contributed by atoms with van der Waals surface area (Å²) in [6.07, 6.45) is 0. The number of rotatable bonds is 7.